The molecule has 4 aromatic rings. The maximum atomic E-state index is 15.6. The van der Waals surface area contributed by atoms with Crippen LogP contribution in [0.4, 0.5) is 26.0 Å². The van der Waals surface area contributed by atoms with Crippen LogP contribution < -0.4 is 10.0 Å². The van der Waals surface area contributed by atoms with Crippen molar-refractivity contribution in [3.63, 3.8) is 0 Å². The van der Waals surface area contributed by atoms with Crippen molar-refractivity contribution in [1.29, 1.82) is 0 Å². The molecule has 3 aromatic heterocycles. The topological polar surface area (TPSA) is 124 Å². The number of pyridine rings is 1. The van der Waals surface area contributed by atoms with Gasteiger partial charge in [0.25, 0.3) is 0 Å². The van der Waals surface area contributed by atoms with Crippen molar-refractivity contribution in [2.45, 2.75) is 62.8 Å². The number of halogens is 2. The fourth-order valence-electron chi connectivity index (χ4n) is 5.38. The van der Waals surface area contributed by atoms with E-state index in [1.165, 1.54) is 12.5 Å². The number of hydrogen-bond acceptors (Lipinski definition) is 8. The number of imidazole rings is 1. The lowest BCUT2D eigenvalue weighted by Crippen LogP contribution is -2.30. The summed E-state index contributed by atoms with van der Waals surface area (Å²) >= 11 is 0. The Hall–Kier alpha value is -3.71. The van der Waals surface area contributed by atoms with Gasteiger partial charge in [-0.15, -0.1) is 0 Å². The molecular weight excluding hydrogens is 540 g/mol. The largest absolute Gasteiger partial charge is 0.358 e. The van der Waals surface area contributed by atoms with E-state index in [4.69, 9.17) is 4.74 Å². The van der Waals surface area contributed by atoms with E-state index < -0.39 is 32.6 Å². The van der Waals surface area contributed by atoms with E-state index in [2.05, 4.69) is 30.0 Å². The second kappa shape index (κ2) is 11.0. The van der Waals surface area contributed by atoms with Gasteiger partial charge in [-0.3, -0.25) is 9.29 Å². The normalized spacial score (nSPS) is 18.6. The second-order valence-corrected chi connectivity index (χ2v) is 12.0. The third-order valence-electron chi connectivity index (χ3n) is 7.47. The molecule has 1 aromatic carbocycles. The highest BCUT2D eigenvalue weighted by Crippen LogP contribution is 2.36. The Balaban J connectivity index is 1.34. The summed E-state index contributed by atoms with van der Waals surface area (Å²) in [5, 5.41) is 2.12. The molecule has 210 valence electrons. The van der Waals surface area contributed by atoms with Crippen LogP contribution in [0, 0.1) is 11.6 Å². The SMILES string of the molecule is O=S(=O)(Nc1ccc(F)c(Nc2ncccc2-c2ncnc3c2ncn3C2CCCCO2)c1F)C1CCCCC1. The van der Waals surface area contributed by atoms with E-state index in [-0.39, 0.29) is 17.7 Å². The number of ether oxygens (including phenoxy) is 1. The first-order chi connectivity index (χ1) is 19.4. The molecule has 1 aliphatic carbocycles. The van der Waals surface area contributed by atoms with Gasteiger partial charge in [-0.2, -0.15) is 0 Å². The van der Waals surface area contributed by atoms with E-state index in [0.717, 1.165) is 50.7 Å². The number of benzene rings is 1. The summed E-state index contributed by atoms with van der Waals surface area (Å²) in [5.41, 5.74) is 1.06. The summed E-state index contributed by atoms with van der Waals surface area (Å²) in [6.45, 7) is 0.659. The number of hydrogen-bond donors (Lipinski definition) is 2. The summed E-state index contributed by atoms with van der Waals surface area (Å²) in [6.07, 6.45) is 10.8. The molecule has 0 radical (unpaired) electrons. The van der Waals surface area contributed by atoms with Crippen molar-refractivity contribution in [3.8, 4) is 11.3 Å². The van der Waals surface area contributed by atoms with Crippen molar-refractivity contribution in [3.05, 3.63) is 54.8 Å². The molecule has 1 atom stereocenters. The Kier molecular flexibility index (Phi) is 7.32. The predicted molar refractivity (Wildman–Crippen MR) is 146 cm³/mol. The minimum atomic E-state index is -3.84. The Morgan fingerprint density at radius 3 is 2.58 bits per heavy atom. The number of nitrogens with one attached hydrogen (secondary N) is 2. The predicted octanol–water partition coefficient (Wildman–Crippen LogP) is 5.68. The van der Waals surface area contributed by atoms with Gasteiger partial charge in [0.1, 0.15) is 41.1 Å². The zero-order valence-corrected chi connectivity index (χ0v) is 22.5. The molecule has 1 saturated heterocycles. The van der Waals surface area contributed by atoms with Crippen LogP contribution >= 0.6 is 0 Å². The number of aromatic nitrogens is 5. The molecule has 2 fully saturated rings. The summed E-state index contributed by atoms with van der Waals surface area (Å²) in [7, 11) is -3.84. The van der Waals surface area contributed by atoms with Gasteiger partial charge in [-0.25, -0.2) is 37.1 Å². The Morgan fingerprint density at radius 1 is 0.950 bits per heavy atom. The van der Waals surface area contributed by atoms with Gasteiger partial charge >= 0.3 is 0 Å². The molecule has 1 saturated carbocycles. The molecule has 0 amide bonds. The third kappa shape index (κ3) is 5.10. The summed E-state index contributed by atoms with van der Waals surface area (Å²) in [6, 6.07) is 5.49. The number of fused-ring (bicyclic) bond motifs is 1. The molecule has 1 unspecified atom stereocenters. The van der Waals surface area contributed by atoms with Crippen LogP contribution in [0.5, 0.6) is 0 Å². The maximum absolute atomic E-state index is 15.6. The summed E-state index contributed by atoms with van der Waals surface area (Å²) in [4.78, 5) is 17.7. The first kappa shape index (κ1) is 26.5. The molecule has 2 aliphatic rings. The van der Waals surface area contributed by atoms with Gasteiger partial charge < -0.3 is 10.1 Å². The number of sulfonamides is 1. The zero-order chi connectivity index (χ0) is 27.7. The van der Waals surface area contributed by atoms with Crippen molar-refractivity contribution in [1.82, 2.24) is 24.5 Å². The van der Waals surface area contributed by atoms with Crippen LogP contribution in [0.1, 0.15) is 57.6 Å². The monoisotopic (exact) mass is 569 g/mol. The summed E-state index contributed by atoms with van der Waals surface area (Å²) in [5.74, 6) is -1.85. The molecule has 0 bridgehead atoms. The first-order valence-corrected chi connectivity index (χ1v) is 15.0. The fourth-order valence-corrected chi connectivity index (χ4v) is 6.96. The van der Waals surface area contributed by atoms with Crippen molar-refractivity contribution < 1.29 is 21.9 Å². The van der Waals surface area contributed by atoms with Crippen molar-refractivity contribution >= 4 is 38.4 Å². The van der Waals surface area contributed by atoms with Crippen LogP contribution in [0.25, 0.3) is 22.4 Å². The number of nitrogens with zero attached hydrogens (tertiary/aromatic N) is 5. The highest BCUT2D eigenvalue weighted by molar-refractivity contribution is 7.93. The smallest absolute Gasteiger partial charge is 0.235 e. The maximum Gasteiger partial charge on any atom is 0.235 e. The molecule has 10 nitrogen and oxygen atoms in total. The Morgan fingerprint density at radius 2 is 1.77 bits per heavy atom. The quantitative estimate of drug-likeness (QED) is 0.291. The zero-order valence-electron chi connectivity index (χ0n) is 21.7. The van der Waals surface area contributed by atoms with Crippen LogP contribution in [-0.4, -0.2) is 44.8 Å². The van der Waals surface area contributed by atoms with E-state index in [0.29, 0.717) is 41.9 Å². The van der Waals surface area contributed by atoms with Crippen LogP contribution in [-0.2, 0) is 14.8 Å². The number of rotatable bonds is 7. The van der Waals surface area contributed by atoms with Crippen LogP contribution in [0.2, 0.25) is 0 Å². The van der Waals surface area contributed by atoms with Crippen molar-refractivity contribution in [2.75, 3.05) is 16.6 Å². The molecule has 6 rings (SSSR count). The first-order valence-electron chi connectivity index (χ1n) is 13.4. The molecular formula is C27H29F2N7O3S. The van der Waals surface area contributed by atoms with E-state index in [9.17, 15) is 12.8 Å². The van der Waals surface area contributed by atoms with Gasteiger partial charge in [-0.1, -0.05) is 19.3 Å². The highest BCUT2D eigenvalue weighted by Gasteiger charge is 2.29. The van der Waals surface area contributed by atoms with Crippen molar-refractivity contribution in [2.24, 2.45) is 0 Å². The minimum absolute atomic E-state index is 0.121. The lowest BCUT2D eigenvalue weighted by atomic mass is 10.0. The molecule has 0 spiro atoms. The standard InChI is InChI=1S/C27H29F2N7O3S/c28-19-11-12-20(35-40(37,38)17-7-2-1-3-8-17)22(29)24(19)34-26-18(9-6-13-30-26)23-25-27(32-15-31-23)36(16-33-25)21-10-4-5-14-39-21/h6,9,11-13,15-17,21,35H,1-5,7-8,10,14H2,(H,30,34). The molecule has 13 heteroatoms. The lowest BCUT2D eigenvalue weighted by Gasteiger charge is -2.23. The Labute approximate surface area is 230 Å². The average Bonchev–Trinajstić information content (AvgIpc) is 3.42. The minimum Gasteiger partial charge on any atom is -0.358 e. The van der Waals surface area contributed by atoms with Crippen LogP contribution in [0.3, 0.4) is 0 Å². The number of anilines is 3. The van der Waals surface area contributed by atoms with Gasteiger partial charge in [0.15, 0.2) is 11.5 Å². The Bertz CT molecular complexity index is 1630. The lowest BCUT2D eigenvalue weighted by molar-refractivity contribution is -0.0298. The van der Waals surface area contributed by atoms with E-state index >= 15 is 4.39 Å². The molecule has 40 heavy (non-hydrogen) atoms. The van der Waals surface area contributed by atoms with Crippen LogP contribution in [0.15, 0.2) is 43.1 Å². The molecule has 1 aliphatic heterocycles. The van der Waals surface area contributed by atoms with Gasteiger partial charge in [0, 0.05) is 18.4 Å². The van der Waals surface area contributed by atoms with E-state index in [1.54, 1.807) is 18.5 Å². The highest BCUT2D eigenvalue weighted by atomic mass is 32.2. The van der Waals surface area contributed by atoms with Gasteiger partial charge in [0.2, 0.25) is 10.0 Å². The molecule has 2 N–H and O–H groups in total. The fraction of sp³-hybridized carbons (Fsp3) is 0.407. The second-order valence-electron chi connectivity index (χ2n) is 10.1. The van der Waals surface area contributed by atoms with Gasteiger partial charge in [-0.05, 0) is 56.4 Å². The van der Waals surface area contributed by atoms with E-state index in [1.807, 2.05) is 4.57 Å². The third-order valence-corrected chi connectivity index (χ3v) is 9.32. The average molecular weight is 570 g/mol. The van der Waals surface area contributed by atoms with Gasteiger partial charge in [0.05, 0.1) is 17.3 Å². The summed E-state index contributed by atoms with van der Waals surface area (Å²) < 4.78 is 66.4. The molecule has 4 heterocycles.